The van der Waals surface area contributed by atoms with E-state index in [-0.39, 0.29) is 5.91 Å². The van der Waals surface area contributed by atoms with Crippen molar-refractivity contribution in [1.29, 1.82) is 0 Å². The summed E-state index contributed by atoms with van der Waals surface area (Å²) in [6.45, 7) is 3.30. The van der Waals surface area contributed by atoms with Gasteiger partial charge in [0.2, 0.25) is 18.2 Å². The molecule has 18 heavy (non-hydrogen) atoms. The Hall–Kier alpha value is -2.21. The van der Waals surface area contributed by atoms with Crippen molar-refractivity contribution in [1.82, 2.24) is 10.2 Å². The zero-order valence-corrected chi connectivity index (χ0v) is 10.2. The van der Waals surface area contributed by atoms with Crippen LogP contribution >= 0.6 is 0 Å². The Bertz CT molecular complexity index is 526. The number of aromatic nitrogens is 2. The molecule has 6 nitrogen and oxygen atoms in total. The molecule has 0 aliphatic rings. The second kappa shape index (κ2) is 4.58. The van der Waals surface area contributed by atoms with Crippen molar-refractivity contribution >= 4 is 11.6 Å². The predicted octanol–water partition coefficient (Wildman–Crippen LogP) is 1.41. The third-order valence-corrected chi connectivity index (χ3v) is 2.33. The van der Waals surface area contributed by atoms with E-state index in [0.29, 0.717) is 11.6 Å². The van der Waals surface area contributed by atoms with Gasteiger partial charge in [-0.2, -0.15) is 0 Å². The molecule has 0 bridgehead atoms. The van der Waals surface area contributed by atoms with Crippen LogP contribution in [0, 0.1) is 0 Å². The van der Waals surface area contributed by atoms with Crippen molar-refractivity contribution in [3.8, 4) is 11.5 Å². The number of nitrogens with zero attached hydrogens (tertiary/aromatic N) is 2. The van der Waals surface area contributed by atoms with E-state index in [9.17, 15) is 4.79 Å². The molecular weight excluding hydrogens is 232 g/mol. The van der Waals surface area contributed by atoms with Gasteiger partial charge in [-0.3, -0.25) is 4.79 Å². The second-order valence-corrected chi connectivity index (χ2v) is 4.50. The smallest absolute Gasteiger partial charge is 0.247 e. The molecule has 6 heteroatoms. The highest BCUT2D eigenvalue weighted by Gasteiger charge is 2.21. The first-order valence-corrected chi connectivity index (χ1v) is 5.44. The summed E-state index contributed by atoms with van der Waals surface area (Å²) in [4.78, 5) is 11.7. The molecular formula is C12H14N4O2. The molecule has 2 rings (SSSR count). The first-order valence-electron chi connectivity index (χ1n) is 5.44. The molecule has 1 amide bonds. The van der Waals surface area contributed by atoms with Crippen molar-refractivity contribution < 1.29 is 9.21 Å². The molecule has 1 heterocycles. The largest absolute Gasteiger partial charge is 0.423 e. The molecule has 0 aliphatic carbocycles. The summed E-state index contributed by atoms with van der Waals surface area (Å²) < 4.78 is 5.07. The molecule has 0 atom stereocenters. The van der Waals surface area contributed by atoms with Crippen LogP contribution in [0.3, 0.4) is 0 Å². The fraction of sp³-hybridized carbons (Fsp3) is 0.250. The van der Waals surface area contributed by atoms with E-state index in [1.807, 2.05) is 0 Å². The van der Waals surface area contributed by atoms with Crippen molar-refractivity contribution in [3.63, 3.8) is 0 Å². The number of anilines is 1. The number of amides is 1. The van der Waals surface area contributed by atoms with Gasteiger partial charge in [-0.25, -0.2) is 0 Å². The first-order chi connectivity index (χ1) is 8.47. The van der Waals surface area contributed by atoms with E-state index in [1.54, 1.807) is 38.1 Å². The van der Waals surface area contributed by atoms with E-state index in [1.165, 1.54) is 6.39 Å². The van der Waals surface area contributed by atoms with Gasteiger partial charge in [0, 0.05) is 11.3 Å². The monoisotopic (exact) mass is 246 g/mol. The summed E-state index contributed by atoms with van der Waals surface area (Å²) in [5.74, 6) is 0.195. The Morgan fingerprint density at radius 2 is 2.00 bits per heavy atom. The topological polar surface area (TPSA) is 94.0 Å². The van der Waals surface area contributed by atoms with Crippen LogP contribution in [0.4, 0.5) is 5.69 Å². The Kier molecular flexibility index (Phi) is 3.12. The Balaban J connectivity index is 2.12. The molecule has 0 saturated heterocycles. The summed E-state index contributed by atoms with van der Waals surface area (Å²) in [5.41, 5.74) is 6.23. The van der Waals surface area contributed by atoms with Crippen molar-refractivity contribution in [3.05, 3.63) is 30.7 Å². The van der Waals surface area contributed by atoms with Crippen LogP contribution in [0.25, 0.3) is 11.5 Å². The van der Waals surface area contributed by atoms with Crippen LogP contribution in [0.2, 0.25) is 0 Å². The highest BCUT2D eigenvalue weighted by Crippen LogP contribution is 2.19. The number of benzene rings is 1. The molecule has 0 fully saturated rings. The fourth-order valence-electron chi connectivity index (χ4n) is 1.29. The predicted molar refractivity (Wildman–Crippen MR) is 66.6 cm³/mol. The molecule has 0 radical (unpaired) electrons. The van der Waals surface area contributed by atoms with Crippen LogP contribution in [-0.4, -0.2) is 21.6 Å². The Labute approximate surface area is 104 Å². The standard InChI is InChI=1S/C12H14N4O2/c1-12(2,13)11(17)15-9-5-3-8(4-6-9)10-16-14-7-18-10/h3-7H,13H2,1-2H3,(H,15,17). The maximum Gasteiger partial charge on any atom is 0.247 e. The number of carbonyl (C=O) groups excluding carboxylic acids is 1. The molecule has 1 aromatic carbocycles. The summed E-state index contributed by atoms with van der Waals surface area (Å²) in [6, 6.07) is 7.08. The van der Waals surface area contributed by atoms with Crippen LogP contribution in [-0.2, 0) is 4.79 Å². The number of rotatable bonds is 3. The summed E-state index contributed by atoms with van der Waals surface area (Å²) in [5, 5.41) is 10.1. The van der Waals surface area contributed by atoms with Gasteiger partial charge >= 0.3 is 0 Å². The first kappa shape index (κ1) is 12.3. The van der Waals surface area contributed by atoms with Gasteiger partial charge in [-0.1, -0.05) is 0 Å². The lowest BCUT2D eigenvalue weighted by Gasteiger charge is -2.17. The number of carbonyl (C=O) groups is 1. The van der Waals surface area contributed by atoms with E-state index in [0.717, 1.165) is 5.56 Å². The molecule has 1 aromatic heterocycles. The highest BCUT2D eigenvalue weighted by atomic mass is 16.4. The fourth-order valence-corrected chi connectivity index (χ4v) is 1.29. The van der Waals surface area contributed by atoms with Gasteiger partial charge in [0.05, 0.1) is 5.54 Å². The zero-order valence-electron chi connectivity index (χ0n) is 10.2. The maximum absolute atomic E-state index is 11.7. The van der Waals surface area contributed by atoms with Crippen LogP contribution in [0.5, 0.6) is 0 Å². The van der Waals surface area contributed by atoms with Crippen LogP contribution in [0.1, 0.15) is 13.8 Å². The van der Waals surface area contributed by atoms with Crippen molar-refractivity contribution in [2.45, 2.75) is 19.4 Å². The van der Waals surface area contributed by atoms with Crippen molar-refractivity contribution in [2.24, 2.45) is 5.73 Å². The van der Waals surface area contributed by atoms with Gasteiger partial charge in [0.1, 0.15) is 0 Å². The molecule has 0 saturated carbocycles. The Morgan fingerprint density at radius 3 is 2.50 bits per heavy atom. The minimum Gasteiger partial charge on any atom is -0.423 e. The lowest BCUT2D eigenvalue weighted by Crippen LogP contribution is -2.45. The number of hydrogen-bond acceptors (Lipinski definition) is 5. The van der Waals surface area contributed by atoms with Gasteiger partial charge in [-0.15, -0.1) is 10.2 Å². The molecule has 0 spiro atoms. The maximum atomic E-state index is 11.7. The second-order valence-electron chi connectivity index (χ2n) is 4.50. The van der Waals surface area contributed by atoms with E-state index in [2.05, 4.69) is 15.5 Å². The lowest BCUT2D eigenvalue weighted by atomic mass is 10.1. The Morgan fingerprint density at radius 1 is 1.33 bits per heavy atom. The van der Waals surface area contributed by atoms with Crippen LogP contribution < -0.4 is 11.1 Å². The molecule has 2 aromatic rings. The highest BCUT2D eigenvalue weighted by molar-refractivity contribution is 5.97. The molecule has 0 unspecified atom stereocenters. The lowest BCUT2D eigenvalue weighted by molar-refractivity contribution is -0.120. The van der Waals surface area contributed by atoms with Gasteiger partial charge in [0.15, 0.2) is 0 Å². The van der Waals surface area contributed by atoms with E-state index < -0.39 is 5.54 Å². The minimum atomic E-state index is -0.912. The van der Waals surface area contributed by atoms with Crippen molar-refractivity contribution in [2.75, 3.05) is 5.32 Å². The number of nitrogens with one attached hydrogen (secondary N) is 1. The average Bonchev–Trinajstić information content (AvgIpc) is 2.82. The summed E-state index contributed by atoms with van der Waals surface area (Å²) in [7, 11) is 0. The van der Waals surface area contributed by atoms with Gasteiger partial charge in [0.25, 0.3) is 0 Å². The molecule has 0 aliphatic heterocycles. The quantitative estimate of drug-likeness (QED) is 0.854. The zero-order chi connectivity index (χ0) is 13.2. The average molecular weight is 246 g/mol. The summed E-state index contributed by atoms with van der Waals surface area (Å²) in [6.07, 6.45) is 1.27. The third-order valence-electron chi connectivity index (χ3n) is 2.33. The number of hydrogen-bond donors (Lipinski definition) is 2. The summed E-state index contributed by atoms with van der Waals surface area (Å²) >= 11 is 0. The van der Waals surface area contributed by atoms with E-state index >= 15 is 0 Å². The van der Waals surface area contributed by atoms with Gasteiger partial charge in [-0.05, 0) is 38.1 Å². The SMILES string of the molecule is CC(C)(N)C(=O)Nc1ccc(-c2nnco2)cc1. The minimum absolute atomic E-state index is 0.243. The molecule has 94 valence electrons. The molecule has 3 N–H and O–H groups in total. The van der Waals surface area contributed by atoms with Crippen LogP contribution in [0.15, 0.2) is 35.1 Å². The third kappa shape index (κ3) is 2.72. The van der Waals surface area contributed by atoms with Gasteiger partial charge < -0.3 is 15.5 Å². The number of nitrogens with two attached hydrogens (primary N) is 1. The normalized spacial score (nSPS) is 11.3. The van der Waals surface area contributed by atoms with E-state index in [4.69, 9.17) is 10.2 Å².